The van der Waals surface area contributed by atoms with Crippen molar-refractivity contribution in [1.29, 1.82) is 0 Å². The largest absolute Gasteiger partial charge is 0.386 e. The Labute approximate surface area is 166 Å². The lowest BCUT2D eigenvalue weighted by atomic mass is 9.99. The molecule has 8 heteroatoms. The number of aliphatic hydroxyl groups is 1. The number of imidazole rings is 2. The zero-order valence-corrected chi connectivity index (χ0v) is 16.2. The molecule has 4 aromatic heterocycles. The summed E-state index contributed by atoms with van der Waals surface area (Å²) in [6, 6.07) is 9.83. The van der Waals surface area contributed by atoms with Gasteiger partial charge in [-0.3, -0.25) is 4.40 Å². The number of anilines is 1. The number of aromatic nitrogens is 6. The monoisotopic (exact) mass is 387 g/mol. The predicted octanol–water partition coefficient (Wildman–Crippen LogP) is 2.97. The summed E-state index contributed by atoms with van der Waals surface area (Å²) < 4.78 is 3.99. The lowest BCUT2D eigenvalue weighted by Gasteiger charge is -2.19. The third kappa shape index (κ3) is 3.07. The molecule has 0 unspecified atom stereocenters. The summed E-state index contributed by atoms with van der Waals surface area (Å²) in [6.45, 7) is 4.97. The van der Waals surface area contributed by atoms with Crippen LogP contribution >= 0.6 is 0 Å². The number of hydrogen-bond acceptors (Lipinski definition) is 6. The van der Waals surface area contributed by atoms with Crippen molar-refractivity contribution < 1.29 is 5.11 Å². The Morgan fingerprint density at radius 1 is 1.14 bits per heavy atom. The van der Waals surface area contributed by atoms with Crippen molar-refractivity contribution in [3.8, 4) is 0 Å². The molecule has 0 saturated heterocycles. The number of para-hydroxylation sites is 2. The fourth-order valence-electron chi connectivity index (χ4n) is 3.56. The molecule has 4 heterocycles. The van der Waals surface area contributed by atoms with Crippen molar-refractivity contribution in [2.24, 2.45) is 0 Å². The lowest BCUT2D eigenvalue weighted by Crippen LogP contribution is -2.18. The van der Waals surface area contributed by atoms with Gasteiger partial charge < -0.3 is 15.0 Å². The highest BCUT2D eigenvalue weighted by molar-refractivity contribution is 5.90. The van der Waals surface area contributed by atoms with Crippen molar-refractivity contribution in [3.63, 3.8) is 0 Å². The van der Waals surface area contributed by atoms with Gasteiger partial charge in [0.25, 0.3) is 0 Å². The first-order valence-corrected chi connectivity index (χ1v) is 9.50. The molecular formula is C21H21N7O. The molecule has 0 bridgehead atoms. The van der Waals surface area contributed by atoms with Gasteiger partial charge in [0, 0.05) is 42.6 Å². The van der Waals surface area contributed by atoms with Crippen LogP contribution in [-0.4, -0.2) is 40.6 Å². The van der Waals surface area contributed by atoms with Gasteiger partial charge in [-0.1, -0.05) is 12.1 Å². The maximum Gasteiger partial charge on any atom is 0.224 e. The second kappa shape index (κ2) is 6.52. The van der Waals surface area contributed by atoms with Crippen molar-refractivity contribution in [2.75, 3.05) is 11.9 Å². The second-order valence-corrected chi connectivity index (χ2v) is 7.58. The maximum atomic E-state index is 10.7. The molecule has 0 amide bonds. The number of hydrogen-bond donors (Lipinski definition) is 2. The molecule has 0 aliphatic heterocycles. The van der Waals surface area contributed by atoms with Crippen LogP contribution in [0.3, 0.4) is 0 Å². The Balaban J connectivity index is 1.65. The average molecular weight is 387 g/mol. The molecule has 0 spiro atoms. The molecule has 0 aliphatic carbocycles. The van der Waals surface area contributed by atoms with Gasteiger partial charge in [-0.2, -0.15) is 4.98 Å². The smallest absolute Gasteiger partial charge is 0.224 e. The van der Waals surface area contributed by atoms with Crippen LogP contribution in [0.2, 0.25) is 0 Å². The number of benzene rings is 1. The standard InChI is InChI=1S/C21H21N7O/c1-21(2,29)15-11-14-12-24-20(23-8-10-27-9-7-22-13-27)26-18(14)28-17-6-4-3-5-16(17)25-19(15)28/h3-7,9,11-13,29H,8,10H2,1-2H3,(H,23,24,26). The fraction of sp³-hybridized carbons (Fsp3) is 0.238. The van der Waals surface area contributed by atoms with E-state index in [1.165, 1.54) is 0 Å². The molecule has 146 valence electrons. The van der Waals surface area contributed by atoms with Gasteiger partial charge >= 0.3 is 0 Å². The van der Waals surface area contributed by atoms with E-state index in [2.05, 4.69) is 15.3 Å². The Morgan fingerprint density at radius 2 is 2.00 bits per heavy atom. The van der Waals surface area contributed by atoms with Gasteiger partial charge in [0.1, 0.15) is 5.65 Å². The Hall–Kier alpha value is -3.52. The quantitative estimate of drug-likeness (QED) is 0.482. The van der Waals surface area contributed by atoms with Crippen LogP contribution in [0, 0.1) is 0 Å². The highest BCUT2D eigenvalue weighted by atomic mass is 16.3. The molecule has 0 fully saturated rings. The molecule has 0 aliphatic rings. The second-order valence-electron chi connectivity index (χ2n) is 7.58. The van der Waals surface area contributed by atoms with Crippen molar-refractivity contribution in [2.45, 2.75) is 26.0 Å². The van der Waals surface area contributed by atoms with Gasteiger partial charge in [-0.05, 0) is 32.0 Å². The molecular weight excluding hydrogens is 366 g/mol. The molecule has 2 N–H and O–H groups in total. The summed E-state index contributed by atoms with van der Waals surface area (Å²) in [5.74, 6) is 0.549. The summed E-state index contributed by atoms with van der Waals surface area (Å²) in [4.78, 5) is 18.0. The number of rotatable bonds is 5. The Morgan fingerprint density at radius 3 is 2.79 bits per heavy atom. The van der Waals surface area contributed by atoms with Gasteiger partial charge in [0.05, 0.1) is 23.0 Å². The Kier molecular flexibility index (Phi) is 3.95. The molecule has 8 nitrogen and oxygen atoms in total. The fourth-order valence-corrected chi connectivity index (χ4v) is 3.56. The predicted molar refractivity (Wildman–Crippen MR) is 112 cm³/mol. The van der Waals surface area contributed by atoms with E-state index in [1.807, 2.05) is 45.5 Å². The van der Waals surface area contributed by atoms with E-state index in [9.17, 15) is 5.11 Å². The first kappa shape index (κ1) is 17.6. The minimum absolute atomic E-state index is 0.549. The summed E-state index contributed by atoms with van der Waals surface area (Å²) >= 11 is 0. The van der Waals surface area contributed by atoms with Crippen LogP contribution in [0.1, 0.15) is 19.4 Å². The minimum atomic E-state index is -1.04. The number of pyridine rings is 1. The zero-order chi connectivity index (χ0) is 20.0. The van der Waals surface area contributed by atoms with E-state index in [4.69, 9.17) is 9.97 Å². The summed E-state index contributed by atoms with van der Waals surface area (Å²) in [7, 11) is 0. The molecule has 5 aromatic rings. The van der Waals surface area contributed by atoms with E-state index >= 15 is 0 Å². The van der Waals surface area contributed by atoms with E-state index in [-0.39, 0.29) is 0 Å². The van der Waals surface area contributed by atoms with Crippen LogP contribution in [-0.2, 0) is 12.1 Å². The van der Waals surface area contributed by atoms with Crippen LogP contribution in [0.4, 0.5) is 5.95 Å². The van der Waals surface area contributed by atoms with Crippen molar-refractivity contribution >= 4 is 33.7 Å². The van der Waals surface area contributed by atoms with Gasteiger partial charge in [0.15, 0.2) is 5.65 Å². The van der Waals surface area contributed by atoms with Crippen molar-refractivity contribution in [3.05, 3.63) is 60.8 Å². The number of fused-ring (bicyclic) bond motifs is 5. The average Bonchev–Trinajstić information content (AvgIpc) is 3.34. The van der Waals surface area contributed by atoms with Gasteiger partial charge in [-0.15, -0.1) is 0 Å². The first-order valence-electron chi connectivity index (χ1n) is 9.50. The van der Waals surface area contributed by atoms with Gasteiger partial charge in [0.2, 0.25) is 5.95 Å². The van der Waals surface area contributed by atoms with Gasteiger partial charge in [-0.25, -0.2) is 15.0 Å². The number of nitrogens with zero attached hydrogens (tertiary/aromatic N) is 6. The minimum Gasteiger partial charge on any atom is -0.386 e. The topological polar surface area (TPSA) is 93.2 Å². The van der Waals surface area contributed by atoms with Crippen molar-refractivity contribution in [1.82, 2.24) is 28.9 Å². The third-order valence-corrected chi connectivity index (χ3v) is 4.98. The third-order valence-electron chi connectivity index (χ3n) is 4.98. The summed E-state index contributed by atoms with van der Waals surface area (Å²) in [6.07, 6.45) is 7.24. The summed E-state index contributed by atoms with van der Waals surface area (Å²) in [5.41, 5.74) is 2.96. The van der Waals surface area contributed by atoms with E-state index in [0.717, 1.165) is 34.2 Å². The summed E-state index contributed by atoms with van der Waals surface area (Å²) in [5, 5.41) is 14.8. The highest BCUT2D eigenvalue weighted by Crippen LogP contribution is 2.31. The Bertz CT molecular complexity index is 1320. The molecule has 0 atom stereocenters. The van der Waals surface area contributed by atoms with Crippen LogP contribution < -0.4 is 5.32 Å². The normalized spacial score (nSPS) is 12.2. The van der Waals surface area contributed by atoms with E-state index in [0.29, 0.717) is 18.1 Å². The van der Waals surface area contributed by atoms with Crippen LogP contribution in [0.5, 0.6) is 0 Å². The zero-order valence-electron chi connectivity index (χ0n) is 16.2. The maximum absolute atomic E-state index is 10.7. The molecule has 1 aromatic carbocycles. The molecule has 0 saturated carbocycles. The molecule has 0 radical (unpaired) electrons. The van der Waals surface area contributed by atoms with Crippen LogP contribution in [0.25, 0.3) is 27.7 Å². The van der Waals surface area contributed by atoms with E-state index < -0.39 is 5.60 Å². The highest BCUT2D eigenvalue weighted by Gasteiger charge is 2.24. The molecule has 29 heavy (non-hydrogen) atoms. The SMILES string of the molecule is CC(C)(O)c1cc2cnc(NCCn3ccnc3)nc2n2c1nc1ccccc12. The lowest BCUT2D eigenvalue weighted by molar-refractivity contribution is 0.0798. The van der Waals surface area contributed by atoms with Crippen LogP contribution in [0.15, 0.2) is 55.2 Å². The molecule has 5 rings (SSSR count). The first-order chi connectivity index (χ1) is 14.0. The number of nitrogens with one attached hydrogen (secondary N) is 1. The van der Waals surface area contributed by atoms with E-state index in [1.54, 1.807) is 32.6 Å².